The number of benzene rings is 2. The Balaban J connectivity index is 2.05. The van der Waals surface area contributed by atoms with Crippen LogP contribution in [0.25, 0.3) is 17.2 Å². The lowest BCUT2D eigenvalue weighted by Gasteiger charge is -2.42. The number of hydrogen-bond acceptors (Lipinski definition) is 2. The lowest BCUT2D eigenvalue weighted by molar-refractivity contribution is -0.137. The molecule has 0 N–H and O–H groups in total. The Morgan fingerprint density at radius 1 is 1.00 bits per heavy atom. The summed E-state index contributed by atoms with van der Waals surface area (Å²) in [5.74, 6) is -0.305. The van der Waals surface area contributed by atoms with Gasteiger partial charge in [0.05, 0.1) is 6.61 Å². The SMILES string of the molecule is CCOC(=O)/C=C/c1ccccc1-c1ccc2c(c1)C(C)(C)CCC2(C)C. The van der Waals surface area contributed by atoms with Crippen LogP contribution in [0.15, 0.2) is 48.5 Å². The van der Waals surface area contributed by atoms with Crippen LogP contribution in [0, 0.1) is 0 Å². The molecule has 0 atom stereocenters. The second kappa shape index (κ2) is 7.34. The van der Waals surface area contributed by atoms with Crippen molar-refractivity contribution in [2.45, 2.75) is 58.3 Å². The number of esters is 1. The summed E-state index contributed by atoms with van der Waals surface area (Å²) in [7, 11) is 0. The summed E-state index contributed by atoms with van der Waals surface area (Å²) in [5.41, 5.74) is 6.66. The van der Waals surface area contributed by atoms with Crippen molar-refractivity contribution < 1.29 is 9.53 Å². The van der Waals surface area contributed by atoms with E-state index in [1.54, 1.807) is 0 Å². The molecular weight excluding hydrogens is 332 g/mol. The number of fused-ring (bicyclic) bond motifs is 1. The second-order valence-corrected chi connectivity index (χ2v) is 8.70. The minimum atomic E-state index is -0.305. The first-order valence-corrected chi connectivity index (χ1v) is 9.84. The zero-order valence-electron chi connectivity index (χ0n) is 17.1. The van der Waals surface area contributed by atoms with Gasteiger partial charge in [0.25, 0.3) is 0 Å². The Morgan fingerprint density at radius 3 is 2.37 bits per heavy atom. The molecule has 0 heterocycles. The van der Waals surface area contributed by atoms with Crippen LogP contribution in [0.5, 0.6) is 0 Å². The van der Waals surface area contributed by atoms with E-state index in [2.05, 4.69) is 52.0 Å². The van der Waals surface area contributed by atoms with Gasteiger partial charge in [0, 0.05) is 6.08 Å². The average molecular weight is 363 g/mol. The smallest absolute Gasteiger partial charge is 0.330 e. The molecule has 0 unspecified atom stereocenters. The van der Waals surface area contributed by atoms with Crippen LogP contribution in [-0.2, 0) is 20.4 Å². The van der Waals surface area contributed by atoms with E-state index >= 15 is 0 Å². The summed E-state index contributed by atoms with van der Waals surface area (Å²) in [5, 5.41) is 0. The predicted molar refractivity (Wildman–Crippen MR) is 113 cm³/mol. The fraction of sp³-hybridized carbons (Fsp3) is 0.400. The zero-order chi connectivity index (χ0) is 19.7. The van der Waals surface area contributed by atoms with Crippen molar-refractivity contribution in [3.8, 4) is 11.1 Å². The van der Waals surface area contributed by atoms with Gasteiger partial charge in [0.1, 0.15) is 0 Å². The van der Waals surface area contributed by atoms with Crippen LogP contribution >= 0.6 is 0 Å². The molecule has 2 aromatic rings. The summed E-state index contributed by atoms with van der Waals surface area (Å²) in [6.07, 6.45) is 5.77. The largest absolute Gasteiger partial charge is 0.463 e. The van der Waals surface area contributed by atoms with Crippen LogP contribution in [0.4, 0.5) is 0 Å². The van der Waals surface area contributed by atoms with Crippen LogP contribution in [0.3, 0.4) is 0 Å². The number of hydrogen-bond donors (Lipinski definition) is 0. The lowest BCUT2D eigenvalue weighted by atomic mass is 9.63. The molecule has 0 aromatic heterocycles. The van der Waals surface area contributed by atoms with Crippen LogP contribution in [0.1, 0.15) is 64.2 Å². The zero-order valence-corrected chi connectivity index (χ0v) is 17.1. The molecule has 1 aliphatic carbocycles. The summed E-state index contributed by atoms with van der Waals surface area (Å²) in [6.45, 7) is 11.6. The first kappa shape index (κ1) is 19.4. The number of carbonyl (C=O) groups excluding carboxylic acids is 1. The fourth-order valence-corrected chi connectivity index (χ4v) is 4.01. The third-order valence-electron chi connectivity index (χ3n) is 5.81. The van der Waals surface area contributed by atoms with Crippen molar-refractivity contribution in [1.29, 1.82) is 0 Å². The van der Waals surface area contributed by atoms with Gasteiger partial charge >= 0.3 is 5.97 Å². The van der Waals surface area contributed by atoms with E-state index in [1.807, 2.05) is 31.2 Å². The van der Waals surface area contributed by atoms with Crippen LogP contribution < -0.4 is 0 Å². The van der Waals surface area contributed by atoms with E-state index in [-0.39, 0.29) is 16.8 Å². The van der Waals surface area contributed by atoms with Gasteiger partial charge in [-0.3, -0.25) is 0 Å². The third kappa shape index (κ3) is 4.00. The first-order valence-electron chi connectivity index (χ1n) is 9.84. The van der Waals surface area contributed by atoms with Crippen molar-refractivity contribution in [3.05, 3.63) is 65.2 Å². The summed E-state index contributed by atoms with van der Waals surface area (Å²) in [4.78, 5) is 11.7. The molecule has 0 saturated carbocycles. The quantitative estimate of drug-likeness (QED) is 0.473. The molecule has 0 radical (unpaired) electrons. The Kier molecular flexibility index (Phi) is 5.28. The monoisotopic (exact) mass is 362 g/mol. The summed E-state index contributed by atoms with van der Waals surface area (Å²) >= 11 is 0. The van der Waals surface area contributed by atoms with Crippen molar-refractivity contribution in [3.63, 3.8) is 0 Å². The summed E-state index contributed by atoms with van der Waals surface area (Å²) < 4.78 is 5.01. The number of ether oxygens (including phenoxy) is 1. The van der Waals surface area contributed by atoms with E-state index in [9.17, 15) is 4.79 Å². The topological polar surface area (TPSA) is 26.3 Å². The van der Waals surface area contributed by atoms with E-state index < -0.39 is 0 Å². The molecule has 142 valence electrons. The molecule has 2 nitrogen and oxygen atoms in total. The van der Waals surface area contributed by atoms with Gasteiger partial charge in [-0.2, -0.15) is 0 Å². The Hall–Kier alpha value is -2.35. The molecule has 3 rings (SSSR count). The molecule has 2 aromatic carbocycles. The molecule has 0 spiro atoms. The van der Waals surface area contributed by atoms with Crippen molar-refractivity contribution >= 4 is 12.0 Å². The number of carbonyl (C=O) groups is 1. The maximum absolute atomic E-state index is 11.7. The van der Waals surface area contributed by atoms with Gasteiger partial charge < -0.3 is 4.74 Å². The molecule has 0 amide bonds. The maximum atomic E-state index is 11.7. The fourth-order valence-electron chi connectivity index (χ4n) is 4.01. The molecule has 2 heteroatoms. The molecule has 0 saturated heterocycles. The molecule has 27 heavy (non-hydrogen) atoms. The van der Waals surface area contributed by atoms with Gasteiger partial charge in [0.2, 0.25) is 0 Å². The minimum absolute atomic E-state index is 0.177. The number of rotatable bonds is 4. The Morgan fingerprint density at radius 2 is 1.67 bits per heavy atom. The van der Waals surface area contributed by atoms with Crippen LogP contribution in [-0.4, -0.2) is 12.6 Å². The molecule has 1 aliphatic rings. The lowest BCUT2D eigenvalue weighted by Crippen LogP contribution is -2.33. The van der Waals surface area contributed by atoms with E-state index in [0.717, 1.165) is 11.1 Å². The predicted octanol–water partition coefficient (Wildman–Crippen LogP) is 6.28. The van der Waals surface area contributed by atoms with Gasteiger partial charge in [-0.15, -0.1) is 0 Å². The average Bonchev–Trinajstić information content (AvgIpc) is 2.64. The van der Waals surface area contributed by atoms with E-state index in [4.69, 9.17) is 4.74 Å². The van der Waals surface area contributed by atoms with Gasteiger partial charge in [0.15, 0.2) is 0 Å². The summed E-state index contributed by atoms with van der Waals surface area (Å²) in [6, 6.07) is 15.1. The minimum Gasteiger partial charge on any atom is -0.463 e. The van der Waals surface area contributed by atoms with Crippen molar-refractivity contribution in [1.82, 2.24) is 0 Å². The highest BCUT2D eigenvalue weighted by molar-refractivity contribution is 5.89. The molecular formula is C25H30O2. The van der Waals surface area contributed by atoms with E-state index in [0.29, 0.717) is 6.61 Å². The highest BCUT2D eigenvalue weighted by Crippen LogP contribution is 2.46. The molecule has 0 bridgehead atoms. The van der Waals surface area contributed by atoms with E-state index in [1.165, 1.54) is 35.6 Å². The second-order valence-electron chi connectivity index (χ2n) is 8.70. The Bertz CT molecular complexity index is 872. The first-order chi connectivity index (χ1) is 12.7. The standard InChI is InChI=1S/C25H30O2/c1-6-27-23(26)14-12-18-9-7-8-10-20(18)19-11-13-21-22(17-19)25(4,5)16-15-24(21,2)3/h7-14,17H,6,15-16H2,1-5H3/b14-12+. The highest BCUT2D eigenvalue weighted by atomic mass is 16.5. The van der Waals surface area contributed by atoms with Crippen LogP contribution in [0.2, 0.25) is 0 Å². The molecule has 0 aliphatic heterocycles. The third-order valence-corrected chi connectivity index (χ3v) is 5.81. The Labute approximate surface area is 163 Å². The van der Waals surface area contributed by atoms with Crippen molar-refractivity contribution in [2.24, 2.45) is 0 Å². The maximum Gasteiger partial charge on any atom is 0.330 e. The highest BCUT2D eigenvalue weighted by Gasteiger charge is 2.36. The van der Waals surface area contributed by atoms with Crippen molar-refractivity contribution in [2.75, 3.05) is 6.61 Å². The van der Waals surface area contributed by atoms with Gasteiger partial charge in [-0.25, -0.2) is 4.79 Å². The van der Waals surface area contributed by atoms with Gasteiger partial charge in [-0.1, -0.05) is 70.2 Å². The normalized spacial score (nSPS) is 17.5. The van der Waals surface area contributed by atoms with Gasteiger partial charge in [-0.05, 0) is 64.5 Å². The molecule has 0 fully saturated rings.